The number of aromatic amines is 1. The molecular formula is C42H51N4O8P. The van der Waals surface area contributed by atoms with Crippen LogP contribution in [0.1, 0.15) is 70.4 Å². The van der Waals surface area contributed by atoms with E-state index in [1.807, 2.05) is 78.9 Å². The molecule has 55 heavy (non-hydrogen) atoms. The van der Waals surface area contributed by atoms with E-state index < -0.39 is 43.3 Å². The van der Waals surface area contributed by atoms with Crippen LogP contribution in [0.5, 0.6) is 11.5 Å². The van der Waals surface area contributed by atoms with Crippen LogP contribution in [0, 0.1) is 23.2 Å². The summed E-state index contributed by atoms with van der Waals surface area (Å²) in [6, 6.07) is 29.4. The Labute approximate surface area is 323 Å². The van der Waals surface area contributed by atoms with Crippen molar-refractivity contribution in [3.05, 3.63) is 129 Å². The predicted octanol–water partition coefficient (Wildman–Crippen LogP) is 7.15. The molecule has 12 nitrogen and oxygen atoms in total. The third kappa shape index (κ3) is 8.01. The van der Waals surface area contributed by atoms with Crippen molar-refractivity contribution in [2.24, 2.45) is 11.8 Å². The van der Waals surface area contributed by atoms with Crippen molar-refractivity contribution < 1.29 is 28.0 Å². The number of ether oxygens (including phenoxy) is 4. The van der Waals surface area contributed by atoms with Crippen molar-refractivity contribution >= 4 is 8.53 Å². The van der Waals surface area contributed by atoms with Crippen molar-refractivity contribution in [2.75, 3.05) is 27.4 Å². The minimum atomic E-state index is -1.70. The van der Waals surface area contributed by atoms with E-state index in [4.69, 9.17) is 28.0 Å². The zero-order chi connectivity index (χ0) is 39.3. The van der Waals surface area contributed by atoms with Crippen molar-refractivity contribution in [1.82, 2.24) is 14.2 Å². The van der Waals surface area contributed by atoms with Gasteiger partial charge in [-0.05, 0) is 81.0 Å². The Bertz CT molecular complexity index is 1980. The second kappa shape index (κ2) is 17.2. The number of H-pyrrole nitrogens is 1. The number of hydrogen-bond donors (Lipinski definition) is 1. The number of methoxy groups -OCH3 is 2. The van der Waals surface area contributed by atoms with Gasteiger partial charge in [-0.2, -0.15) is 5.26 Å². The molecule has 3 aromatic carbocycles. The molecule has 6 rings (SSSR count). The Balaban J connectivity index is 1.51. The number of nitrogens with one attached hydrogen (secondary N) is 1. The zero-order valence-corrected chi connectivity index (χ0v) is 33.4. The molecule has 0 amide bonds. The highest BCUT2D eigenvalue weighted by Gasteiger charge is 2.66. The highest BCUT2D eigenvalue weighted by molar-refractivity contribution is 7.44. The van der Waals surface area contributed by atoms with Crippen LogP contribution in [0.4, 0.5) is 0 Å². The zero-order valence-electron chi connectivity index (χ0n) is 32.5. The van der Waals surface area contributed by atoms with Crippen LogP contribution in [-0.2, 0) is 24.1 Å². The standard InChI is InChI=1S/C42H51N4O8P/c1-28(2)46(29(3)4)55(52-25-11-23-43)54-38-37-30(5)26-41(38,53-39(37)45-24-22-36(47)44-40(45)48)27-51-42(31-12-9-8-10-13-31,32-14-18-34(49-6)19-15-32)33-16-20-35(50-7)21-17-33/h8-10,12-22,24,28-30,37-39H,11,25-27H2,1-7H3,(H,44,47,48)/t30-,37+,38-,39+,41-,55?/m0/s1. The summed E-state index contributed by atoms with van der Waals surface area (Å²) >= 11 is 0. The maximum Gasteiger partial charge on any atom is 0.330 e. The third-order valence-electron chi connectivity index (χ3n) is 10.6. The molecule has 2 bridgehead atoms. The minimum absolute atomic E-state index is 0.0155. The van der Waals surface area contributed by atoms with Crippen LogP contribution in [0.3, 0.4) is 0 Å². The molecule has 1 aliphatic carbocycles. The van der Waals surface area contributed by atoms with Gasteiger partial charge in [-0.15, -0.1) is 0 Å². The summed E-state index contributed by atoms with van der Waals surface area (Å²) in [4.78, 5) is 27.9. The quantitative estimate of drug-likeness (QED) is 0.0670. The average molecular weight is 771 g/mol. The Hall–Kier alpha value is -4.34. The number of hydrogen-bond acceptors (Lipinski definition) is 10. The highest BCUT2D eigenvalue weighted by Crippen LogP contribution is 2.62. The number of nitrogens with zero attached hydrogens (tertiary/aromatic N) is 3. The molecule has 1 unspecified atom stereocenters. The monoisotopic (exact) mass is 770 g/mol. The topological polar surface area (TPSA) is 137 Å². The van der Waals surface area contributed by atoms with Crippen molar-refractivity contribution in [3.63, 3.8) is 0 Å². The van der Waals surface area contributed by atoms with Gasteiger partial charge in [-0.25, -0.2) is 9.46 Å². The summed E-state index contributed by atoms with van der Waals surface area (Å²) in [5, 5.41) is 9.40. The molecule has 2 fully saturated rings. The Morgan fingerprint density at radius 2 is 1.51 bits per heavy atom. The Morgan fingerprint density at radius 3 is 2.04 bits per heavy atom. The summed E-state index contributed by atoms with van der Waals surface area (Å²) in [7, 11) is 1.57. The van der Waals surface area contributed by atoms with Crippen molar-refractivity contribution in [1.29, 1.82) is 5.26 Å². The van der Waals surface area contributed by atoms with Gasteiger partial charge >= 0.3 is 5.69 Å². The molecule has 13 heteroatoms. The maximum absolute atomic E-state index is 13.4. The molecule has 292 valence electrons. The maximum atomic E-state index is 13.4. The van der Waals surface area contributed by atoms with Gasteiger partial charge < -0.3 is 28.0 Å². The summed E-state index contributed by atoms with van der Waals surface area (Å²) < 4.78 is 42.9. The van der Waals surface area contributed by atoms with Crippen LogP contribution in [0.15, 0.2) is 101 Å². The van der Waals surface area contributed by atoms with E-state index in [0.29, 0.717) is 17.9 Å². The number of benzene rings is 3. The number of fused-ring (bicyclic) bond motifs is 2. The first kappa shape index (κ1) is 40.3. The van der Waals surface area contributed by atoms with E-state index in [1.54, 1.807) is 14.2 Å². The van der Waals surface area contributed by atoms with E-state index in [9.17, 15) is 14.9 Å². The fourth-order valence-corrected chi connectivity index (χ4v) is 10.1. The van der Waals surface area contributed by atoms with Gasteiger partial charge in [0, 0.05) is 30.3 Å². The lowest BCUT2D eigenvalue weighted by molar-refractivity contribution is -0.174. The van der Waals surface area contributed by atoms with Gasteiger partial charge in [0.1, 0.15) is 35.0 Å². The van der Waals surface area contributed by atoms with Crippen LogP contribution in [-0.4, -0.2) is 65.4 Å². The van der Waals surface area contributed by atoms with Gasteiger partial charge in [-0.1, -0.05) is 61.5 Å². The van der Waals surface area contributed by atoms with Gasteiger partial charge in [-0.3, -0.25) is 14.3 Å². The van der Waals surface area contributed by atoms with E-state index in [0.717, 1.165) is 16.7 Å². The molecule has 6 atom stereocenters. The molecule has 1 aliphatic heterocycles. The number of rotatable bonds is 17. The van der Waals surface area contributed by atoms with Crippen LogP contribution in [0.25, 0.3) is 0 Å². The predicted molar refractivity (Wildman–Crippen MR) is 210 cm³/mol. The molecule has 2 aliphatic rings. The number of nitriles is 1. The largest absolute Gasteiger partial charge is 0.497 e. The average Bonchev–Trinajstić information content (AvgIpc) is 3.62. The molecule has 1 saturated carbocycles. The fourth-order valence-electron chi connectivity index (χ4n) is 8.22. The normalized spacial score (nSPS) is 22.6. The summed E-state index contributed by atoms with van der Waals surface area (Å²) in [6.07, 6.45) is 0.893. The first-order valence-electron chi connectivity index (χ1n) is 18.7. The second-order valence-electron chi connectivity index (χ2n) is 14.7. The molecule has 1 saturated heterocycles. The van der Waals surface area contributed by atoms with E-state index in [-0.39, 0.29) is 43.6 Å². The van der Waals surface area contributed by atoms with Crippen LogP contribution < -0.4 is 20.7 Å². The van der Waals surface area contributed by atoms with Crippen molar-refractivity contribution in [2.45, 2.75) is 83.1 Å². The lowest BCUT2D eigenvalue weighted by atomic mass is 9.79. The Morgan fingerprint density at radius 1 is 0.927 bits per heavy atom. The van der Waals surface area contributed by atoms with E-state index in [2.05, 4.69) is 50.3 Å². The molecule has 4 aromatic rings. The molecule has 0 radical (unpaired) electrons. The lowest BCUT2D eigenvalue weighted by Crippen LogP contribution is -2.47. The first-order chi connectivity index (χ1) is 26.5. The molecule has 1 aromatic heterocycles. The van der Waals surface area contributed by atoms with E-state index >= 15 is 0 Å². The van der Waals surface area contributed by atoms with Crippen molar-refractivity contribution in [3.8, 4) is 17.6 Å². The van der Waals surface area contributed by atoms with E-state index in [1.165, 1.54) is 16.8 Å². The molecule has 1 N–H and O–H groups in total. The van der Waals surface area contributed by atoms with Gasteiger partial charge in [0.25, 0.3) is 14.1 Å². The summed E-state index contributed by atoms with van der Waals surface area (Å²) in [5.41, 5.74) is -0.661. The first-order valence-corrected chi connectivity index (χ1v) is 19.8. The molecule has 0 spiro atoms. The summed E-state index contributed by atoms with van der Waals surface area (Å²) in [5.74, 6) is 1.11. The third-order valence-corrected chi connectivity index (χ3v) is 12.7. The molecule has 2 heterocycles. The fraction of sp³-hybridized carbons (Fsp3) is 0.452. The second-order valence-corrected chi connectivity index (χ2v) is 16.1. The van der Waals surface area contributed by atoms with Gasteiger partial charge in [0.05, 0.1) is 39.9 Å². The minimum Gasteiger partial charge on any atom is -0.497 e. The Kier molecular flexibility index (Phi) is 12.6. The SMILES string of the molecule is COc1ccc(C(OC[C@]23C[C@H](C)[C@@H]([C@H](n4ccc(=O)[nH]c4=O)O2)[C@@H]3OP(OCCC#N)N(C(C)C)C(C)C)(c2ccccc2)c2ccc(OC)cc2)cc1. The van der Waals surface area contributed by atoms with Crippen LogP contribution >= 0.6 is 8.53 Å². The summed E-state index contributed by atoms with van der Waals surface area (Å²) in [6.45, 7) is 10.8. The molecular weight excluding hydrogens is 719 g/mol. The van der Waals surface area contributed by atoms with Gasteiger partial charge in [0.15, 0.2) is 0 Å². The van der Waals surface area contributed by atoms with Gasteiger partial charge in [0.2, 0.25) is 0 Å². The lowest BCUT2D eigenvalue weighted by Gasteiger charge is -2.42. The smallest absolute Gasteiger partial charge is 0.330 e. The highest BCUT2D eigenvalue weighted by atomic mass is 31.2. The number of aromatic nitrogens is 2. The van der Waals surface area contributed by atoms with Crippen LogP contribution in [0.2, 0.25) is 0 Å².